The Morgan fingerprint density at radius 3 is 2.62 bits per heavy atom. The van der Waals surface area contributed by atoms with Crippen molar-refractivity contribution in [2.45, 2.75) is 19.6 Å². The van der Waals surface area contributed by atoms with E-state index in [0.717, 1.165) is 0 Å². The van der Waals surface area contributed by atoms with Crippen LogP contribution in [0, 0.1) is 5.41 Å². The maximum Gasteiger partial charge on any atom is 0.226 e. The fraction of sp³-hybridized carbons (Fsp3) is 0.500. The molecule has 13 heavy (non-hydrogen) atoms. The minimum absolute atomic E-state index is 0.0456. The molecule has 0 aromatic heterocycles. The summed E-state index contributed by atoms with van der Waals surface area (Å²) in [4.78, 5) is 6.19. The monoisotopic (exact) mass is 178 g/mol. The second-order valence-electron chi connectivity index (χ2n) is 4.03. The summed E-state index contributed by atoms with van der Waals surface area (Å²) in [5, 5.41) is 0. The molecular formula is C10H14N2O. The van der Waals surface area contributed by atoms with Gasteiger partial charge in [-0.25, -0.2) is 0 Å². The quantitative estimate of drug-likeness (QED) is 0.564. The molecule has 0 aromatic carbocycles. The molecule has 3 nitrogen and oxygen atoms in total. The van der Waals surface area contributed by atoms with Gasteiger partial charge in [0.05, 0.1) is 12.4 Å². The number of hydrogen-bond acceptors (Lipinski definition) is 3. The molecule has 0 aliphatic carbocycles. The molecule has 0 aromatic rings. The third kappa shape index (κ3) is 0.930. The summed E-state index contributed by atoms with van der Waals surface area (Å²) in [6.07, 6.45) is 9.33. The van der Waals surface area contributed by atoms with E-state index in [4.69, 9.17) is 4.74 Å². The van der Waals surface area contributed by atoms with E-state index >= 15 is 0 Å². The van der Waals surface area contributed by atoms with E-state index in [-0.39, 0.29) is 5.41 Å². The number of aliphatic imine (C=N–C) groups is 1. The van der Waals surface area contributed by atoms with E-state index in [1.807, 2.05) is 24.4 Å². The molecule has 1 unspecified atom stereocenters. The highest BCUT2D eigenvalue weighted by Gasteiger charge is 2.51. The first-order valence-electron chi connectivity index (χ1n) is 4.38. The molecule has 0 N–H and O–H groups in total. The third-order valence-corrected chi connectivity index (χ3v) is 2.81. The smallest absolute Gasteiger partial charge is 0.226 e. The molecule has 0 bridgehead atoms. The lowest BCUT2D eigenvalue weighted by molar-refractivity contribution is -0.0688. The Morgan fingerprint density at radius 1 is 1.38 bits per heavy atom. The molecule has 70 valence electrons. The molecule has 3 heteroatoms. The Morgan fingerprint density at radius 2 is 2.15 bits per heavy atom. The summed E-state index contributed by atoms with van der Waals surface area (Å²) in [7, 11) is 2.00. The molecule has 0 saturated carbocycles. The zero-order chi connectivity index (χ0) is 9.53. The van der Waals surface area contributed by atoms with Crippen LogP contribution in [-0.4, -0.2) is 23.9 Å². The highest BCUT2D eigenvalue weighted by Crippen LogP contribution is 2.42. The highest BCUT2D eigenvalue weighted by molar-refractivity contribution is 5.73. The van der Waals surface area contributed by atoms with Crippen molar-refractivity contribution in [3.63, 3.8) is 0 Å². The van der Waals surface area contributed by atoms with Crippen LogP contribution in [0.4, 0.5) is 0 Å². The molecule has 1 atom stereocenters. The van der Waals surface area contributed by atoms with Gasteiger partial charge < -0.3 is 9.64 Å². The van der Waals surface area contributed by atoms with Crippen molar-refractivity contribution in [3.05, 3.63) is 24.7 Å². The van der Waals surface area contributed by atoms with Crippen LogP contribution in [0.1, 0.15) is 13.8 Å². The summed E-state index contributed by atoms with van der Waals surface area (Å²) in [5.74, 6) is 0. The van der Waals surface area contributed by atoms with E-state index in [2.05, 4.69) is 24.9 Å². The zero-order valence-corrected chi connectivity index (χ0v) is 8.19. The Bertz CT molecular complexity index is 304. The Balaban J connectivity index is 2.41. The van der Waals surface area contributed by atoms with Crippen molar-refractivity contribution in [2.24, 2.45) is 10.4 Å². The Kier molecular flexibility index (Phi) is 1.53. The standard InChI is InChI=1S/C10H14N2O/c1-9(2)4-6-12(3)10(9)8-11-5-7-13-10/h4-8H,1-3H3. The summed E-state index contributed by atoms with van der Waals surface area (Å²) < 4.78 is 5.69. The minimum atomic E-state index is -0.429. The van der Waals surface area contributed by atoms with E-state index < -0.39 is 5.72 Å². The van der Waals surface area contributed by atoms with Gasteiger partial charge >= 0.3 is 0 Å². The predicted molar refractivity (Wildman–Crippen MR) is 52.1 cm³/mol. The van der Waals surface area contributed by atoms with Crippen molar-refractivity contribution in [2.75, 3.05) is 7.05 Å². The molecule has 2 rings (SSSR count). The lowest BCUT2D eigenvalue weighted by atomic mass is 9.83. The van der Waals surface area contributed by atoms with Gasteiger partial charge in [-0.1, -0.05) is 19.9 Å². The van der Waals surface area contributed by atoms with Crippen LogP contribution in [-0.2, 0) is 4.74 Å². The van der Waals surface area contributed by atoms with Gasteiger partial charge in [-0.05, 0) is 6.20 Å². The fourth-order valence-corrected chi connectivity index (χ4v) is 1.82. The summed E-state index contributed by atoms with van der Waals surface area (Å²) in [6, 6.07) is 0. The Hall–Kier alpha value is -1.25. The maximum atomic E-state index is 5.69. The van der Waals surface area contributed by atoms with Gasteiger partial charge in [0.25, 0.3) is 0 Å². The van der Waals surface area contributed by atoms with Crippen molar-refractivity contribution in [1.82, 2.24) is 4.90 Å². The van der Waals surface area contributed by atoms with Crippen LogP contribution >= 0.6 is 0 Å². The fourth-order valence-electron chi connectivity index (χ4n) is 1.82. The summed E-state index contributed by atoms with van der Waals surface area (Å²) in [6.45, 7) is 4.27. The van der Waals surface area contributed by atoms with Crippen molar-refractivity contribution >= 4 is 6.21 Å². The average molecular weight is 178 g/mol. The van der Waals surface area contributed by atoms with Gasteiger partial charge in [-0.3, -0.25) is 4.99 Å². The Labute approximate surface area is 78.4 Å². The van der Waals surface area contributed by atoms with Gasteiger partial charge in [0.1, 0.15) is 6.26 Å². The third-order valence-electron chi connectivity index (χ3n) is 2.81. The van der Waals surface area contributed by atoms with Crippen molar-refractivity contribution in [1.29, 1.82) is 0 Å². The number of nitrogens with zero attached hydrogens (tertiary/aromatic N) is 2. The number of hydrogen-bond donors (Lipinski definition) is 0. The van der Waals surface area contributed by atoms with Crippen LogP contribution in [0.25, 0.3) is 0 Å². The molecule has 0 saturated heterocycles. The molecular weight excluding hydrogens is 164 g/mol. The van der Waals surface area contributed by atoms with Crippen LogP contribution in [0.2, 0.25) is 0 Å². The largest absolute Gasteiger partial charge is 0.468 e. The molecule has 0 amide bonds. The molecule has 0 fully saturated rings. The highest BCUT2D eigenvalue weighted by atomic mass is 16.5. The SMILES string of the molecule is CN1C=CC(C)(C)C12C=NC=CO2. The molecule has 2 aliphatic rings. The second-order valence-corrected chi connectivity index (χ2v) is 4.03. The lowest BCUT2D eigenvalue weighted by Gasteiger charge is -2.42. The van der Waals surface area contributed by atoms with Gasteiger partial charge in [0, 0.05) is 12.5 Å². The van der Waals surface area contributed by atoms with Crippen LogP contribution in [0.3, 0.4) is 0 Å². The van der Waals surface area contributed by atoms with Gasteiger partial charge in [0.15, 0.2) is 0 Å². The predicted octanol–water partition coefficient (Wildman–Crippen LogP) is 1.74. The maximum absolute atomic E-state index is 5.69. The van der Waals surface area contributed by atoms with E-state index in [9.17, 15) is 0 Å². The van der Waals surface area contributed by atoms with Crippen LogP contribution in [0.5, 0.6) is 0 Å². The van der Waals surface area contributed by atoms with E-state index in [0.29, 0.717) is 0 Å². The van der Waals surface area contributed by atoms with Crippen molar-refractivity contribution < 1.29 is 4.74 Å². The van der Waals surface area contributed by atoms with Crippen LogP contribution in [0.15, 0.2) is 29.7 Å². The second kappa shape index (κ2) is 2.37. The molecule has 0 radical (unpaired) electrons. The van der Waals surface area contributed by atoms with Crippen molar-refractivity contribution in [3.8, 4) is 0 Å². The van der Waals surface area contributed by atoms with Gasteiger partial charge in [-0.2, -0.15) is 0 Å². The minimum Gasteiger partial charge on any atom is -0.468 e. The normalized spacial score (nSPS) is 34.2. The van der Waals surface area contributed by atoms with Crippen LogP contribution < -0.4 is 0 Å². The molecule has 1 spiro atoms. The zero-order valence-electron chi connectivity index (χ0n) is 8.19. The average Bonchev–Trinajstić information content (AvgIpc) is 2.33. The van der Waals surface area contributed by atoms with Gasteiger partial charge in [0.2, 0.25) is 5.72 Å². The summed E-state index contributed by atoms with van der Waals surface area (Å²) in [5.41, 5.74) is -0.474. The molecule has 2 aliphatic heterocycles. The number of ether oxygens (including phenoxy) is 1. The first kappa shape index (κ1) is 8.35. The first-order chi connectivity index (χ1) is 6.08. The topological polar surface area (TPSA) is 24.8 Å². The summed E-state index contributed by atoms with van der Waals surface area (Å²) >= 11 is 0. The first-order valence-corrected chi connectivity index (χ1v) is 4.38. The van der Waals surface area contributed by atoms with E-state index in [1.165, 1.54) is 0 Å². The van der Waals surface area contributed by atoms with Gasteiger partial charge in [-0.15, -0.1) is 0 Å². The number of rotatable bonds is 0. The van der Waals surface area contributed by atoms with E-state index in [1.54, 1.807) is 12.5 Å². The molecule has 2 heterocycles. The lowest BCUT2D eigenvalue weighted by Crippen LogP contribution is -2.53.